The number of carbonyl (C=O) groups is 1. The van der Waals surface area contributed by atoms with Gasteiger partial charge in [0.25, 0.3) is 0 Å². The molecular formula is C16H19ClN4O2. The SMILES string of the molecule is COc1ccc(Cl)cc1Nc1ccc(NC(=O)NC(C)C)nc1. The average molecular weight is 335 g/mol. The van der Waals surface area contributed by atoms with Gasteiger partial charge in [0, 0.05) is 11.1 Å². The van der Waals surface area contributed by atoms with Gasteiger partial charge in [0.2, 0.25) is 0 Å². The van der Waals surface area contributed by atoms with Crippen molar-refractivity contribution in [3.05, 3.63) is 41.6 Å². The summed E-state index contributed by atoms with van der Waals surface area (Å²) < 4.78 is 5.28. The lowest BCUT2D eigenvalue weighted by molar-refractivity contribution is 0.250. The van der Waals surface area contributed by atoms with E-state index in [1.165, 1.54) is 0 Å². The number of nitrogens with one attached hydrogen (secondary N) is 3. The topological polar surface area (TPSA) is 75.3 Å². The van der Waals surface area contributed by atoms with Gasteiger partial charge in [0.15, 0.2) is 0 Å². The van der Waals surface area contributed by atoms with Crippen molar-refractivity contribution in [2.75, 3.05) is 17.7 Å². The van der Waals surface area contributed by atoms with Gasteiger partial charge in [0.1, 0.15) is 11.6 Å². The van der Waals surface area contributed by atoms with E-state index >= 15 is 0 Å². The highest BCUT2D eigenvalue weighted by molar-refractivity contribution is 6.31. The van der Waals surface area contributed by atoms with Gasteiger partial charge < -0.3 is 15.4 Å². The Morgan fingerprint density at radius 3 is 2.65 bits per heavy atom. The highest BCUT2D eigenvalue weighted by Gasteiger charge is 2.06. The van der Waals surface area contributed by atoms with Crippen LogP contribution in [0.25, 0.3) is 0 Å². The molecule has 1 aromatic carbocycles. The summed E-state index contributed by atoms with van der Waals surface area (Å²) in [5, 5.41) is 9.17. The molecule has 122 valence electrons. The summed E-state index contributed by atoms with van der Waals surface area (Å²) in [7, 11) is 1.59. The molecule has 0 aliphatic heterocycles. The van der Waals surface area contributed by atoms with Crippen molar-refractivity contribution >= 4 is 34.8 Å². The predicted molar refractivity (Wildman–Crippen MR) is 92.8 cm³/mol. The number of ether oxygens (including phenoxy) is 1. The van der Waals surface area contributed by atoms with Crippen LogP contribution in [0, 0.1) is 0 Å². The minimum Gasteiger partial charge on any atom is -0.495 e. The van der Waals surface area contributed by atoms with Gasteiger partial charge in [-0.15, -0.1) is 0 Å². The molecule has 2 amide bonds. The van der Waals surface area contributed by atoms with E-state index in [-0.39, 0.29) is 12.1 Å². The molecule has 0 atom stereocenters. The van der Waals surface area contributed by atoms with Crippen LogP contribution in [0.2, 0.25) is 5.02 Å². The molecule has 0 saturated heterocycles. The molecule has 0 aliphatic carbocycles. The van der Waals surface area contributed by atoms with Crippen molar-refractivity contribution in [1.29, 1.82) is 0 Å². The zero-order valence-corrected chi connectivity index (χ0v) is 13.9. The molecule has 2 rings (SSSR count). The third-order valence-electron chi connectivity index (χ3n) is 2.87. The van der Waals surface area contributed by atoms with Crippen LogP contribution in [-0.4, -0.2) is 24.2 Å². The van der Waals surface area contributed by atoms with Gasteiger partial charge in [-0.3, -0.25) is 5.32 Å². The third-order valence-corrected chi connectivity index (χ3v) is 3.10. The number of aromatic nitrogens is 1. The van der Waals surface area contributed by atoms with E-state index < -0.39 is 0 Å². The van der Waals surface area contributed by atoms with Crippen LogP contribution in [0.3, 0.4) is 0 Å². The zero-order chi connectivity index (χ0) is 16.8. The standard InChI is InChI=1S/C16H19ClN4O2/c1-10(2)19-16(22)21-15-7-5-12(9-18-15)20-13-8-11(17)4-6-14(13)23-3/h4-10,20H,1-3H3,(H2,18,19,21,22). The number of nitrogens with zero attached hydrogens (tertiary/aromatic N) is 1. The van der Waals surface area contributed by atoms with Gasteiger partial charge in [0.05, 0.1) is 24.7 Å². The van der Waals surface area contributed by atoms with Crippen molar-refractivity contribution in [1.82, 2.24) is 10.3 Å². The fourth-order valence-electron chi connectivity index (χ4n) is 1.89. The summed E-state index contributed by atoms with van der Waals surface area (Å²) in [4.78, 5) is 15.8. The summed E-state index contributed by atoms with van der Waals surface area (Å²) in [6.07, 6.45) is 1.62. The maximum absolute atomic E-state index is 11.6. The molecular weight excluding hydrogens is 316 g/mol. The molecule has 23 heavy (non-hydrogen) atoms. The first-order valence-corrected chi connectivity index (χ1v) is 7.50. The monoisotopic (exact) mass is 334 g/mol. The number of amides is 2. The number of anilines is 3. The van der Waals surface area contributed by atoms with Crippen molar-refractivity contribution < 1.29 is 9.53 Å². The first kappa shape index (κ1) is 16.9. The van der Waals surface area contributed by atoms with Crippen LogP contribution in [0.1, 0.15) is 13.8 Å². The highest BCUT2D eigenvalue weighted by atomic mass is 35.5. The zero-order valence-electron chi connectivity index (χ0n) is 13.2. The molecule has 2 aromatic rings. The van der Waals surface area contributed by atoms with Crippen LogP contribution >= 0.6 is 11.6 Å². The Kier molecular flexibility index (Phi) is 5.65. The maximum Gasteiger partial charge on any atom is 0.320 e. The second kappa shape index (κ2) is 7.69. The number of hydrogen-bond acceptors (Lipinski definition) is 4. The number of halogens is 1. The van der Waals surface area contributed by atoms with E-state index in [0.717, 1.165) is 11.4 Å². The fourth-order valence-corrected chi connectivity index (χ4v) is 2.06. The van der Waals surface area contributed by atoms with E-state index in [9.17, 15) is 4.79 Å². The molecule has 0 radical (unpaired) electrons. The lowest BCUT2D eigenvalue weighted by atomic mass is 10.2. The highest BCUT2D eigenvalue weighted by Crippen LogP contribution is 2.30. The number of rotatable bonds is 5. The fraction of sp³-hybridized carbons (Fsp3) is 0.250. The average Bonchev–Trinajstić information content (AvgIpc) is 2.48. The lowest BCUT2D eigenvalue weighted by Gasteiger charge is -2.12. The molecule has 7 heteroatoms. The number of benzene rings is 1. The van der Waals surface area contributed by atoms with E-state index in [1.807, 2.05) is 13.8 Å². The first-order valence-electron chi connectivity index (χ1n) is 7.12. The Morgan fingerprint density at radius 2 is 2.04 bits per heavy atom. The molecule has 6 nitrogen and oxygen atoms in total. The summed E-state index contributed by atoms with van der Waals surface area (Å²) in [6, 6.07) is 8.59. The number of hydrogen-bond donors (Lipinski definition) is 3. The van der Waals surface area contributed by atoms with Crippen LogP contribution in [-0.2, 0) is 0 Å². The number of methoxy groups -OCH3 is 1. The van der Waals surface area contributed by atoms with Gasteiger partial charge in [-0.2, -0.15) is 0 Å². The lowest BCUT2D eigenvalue weighted by Crippen LogP contribution is -2.34. The number of urea groups is 1. The predicted octanol–water partition coefficient (Wildman–Crippen LogP) is 4.02. The molecule has 0 fully saturated rings. The molecule has 1 heterocycles. The summed E-state index contributed by atoms with van der Waals surface area (Å²) >= 11 is 6.00. The number of pyridine rings is 1. The van der Waals surface area contributed by atoms with Crippen molar-refractivity contribution in [3.63, 3.8) is 0 Å². The summed E-state index contributed by atoms with van der Waals surface area (Å²) in [5.74, 6) is 1.14. The Bertz CT molecular complexity index is 674. The van der Waals surface area contributed by atoms with Crippen LogP contribution in [0.4, 0.5) is 22.0 Å². The maximum atomic E-state index is 11.6. The third kappa shape index (κ3) is 5.03. The second-order valence-corrected chi connectivity index (χ2v) is 5.59. The Balaban J connectivity index is 2.06. The molecule has 0 bridgehead atoms. The summed E-state index contributed by atoms with van der Waals surface area (Å²) in [5.41, 5.74) is 1.49. The smallest absolute Gasteiger partial charge is 0.320 e. The molecule has 0 aliphatic rings. The first-order chi connectivity index (χ1) is 11.0. The van der Waals surface area contributed by atoms with E-state index in [2.05, 4.69) is 20.9 Å². The van der Waals surface area contributed by atoms with E-state index in [0.29, 0.717) is 16.6 Å². The molecule has 0 saturated carbocycles. The van der Waals surface area contributed by atoms with Crippen molar-refractivity contribution in [2.45, 2.75) is 19.9 Å². The molecule has 3 N–H and O–H groups in total. The minimum absolute atomic E-state index is 0.0613. The minimum atomic E-state index is -0.287. The van der Waals surface area contributed by atoms with Gasteiger partial charge in [-0.05, 0) is 44.2 Å². The van der Waals surface area contributed by atoms with Crippen molar-refractivity contribution in [3.8, 4) is 5.75 Å². The second-order valence-electron chi connectivity index (χ2n) is 5.15. The Morgan fingerprint density at radius 1 is 1.26 bits per heavy atom. The Hall–Kier alpha value is -2.47. The van der Waals surface area contributed by atoms with Crippen molar-refractivity contribution in [2.24, 2.45) is 0 Å². The van der Waals surface area contributed by atoms with E-state index in [1.54, 1.807) is 43.6 Å². The molecule has 1 aromatic heterocycles. The quantitative estimate of drug-likeness (QED) is 0.772. The van der Waals surface area contributed by atoms with Gasteiger partial charge in [-0.1, -0.05) is 11.6 Å². The summed E-state index contributed by atoms with van der Waals surface area (Å²) in [6.45, 7) is 3.77. The normalized spacial score (nSPS) is 10.3. The molecule has 0 spiro atoms. The Labute approximate surface area is 140 Å². The van der Waals surface area contributed by atoms with Crippen LogP contribution in [0.5, 0.6) is 5.75 Å². The largest absolute Gasteiger partial charge is 0.495 e. The van der Waals surface area contributed by atoms with Crippen LogP contribution < -0.4 is 20.7 Å². The number of carbonyl (C=O) groups excluding carboxylic acids is 1. The van der Waals surface area contributed by atoms with Gasteiger partial charge >= 0.3 is 6.03 Å². The van der Waals surface area contributed by atoms with Gasteiger partial charge in [-0.25, -0.2) is 9.78 Å². The van der Waals surface area contributed by atoms with Crippen LogP contribution in [0.15, 0.2) is 36.5 Å². The van der Waals surface area contributed by atoms with E-state index in [4.69, 9.17) is 16.3 Å². The molecule has 0 unspecified atom stereocenters.